The van der Waals surface area contributed by atoms with Crippen LogP contribution in [-0.4, -0.2) is 23.4 Å². The fourth-order valence-electron chi connectivity index (χ4n) is 2.58. The average molecular weight is 318 g/mol. The third-order valence-corrected chi connectivity index (χ3v) is 3.80. The Hall–Kier alpha value is -3.34. The van der Waals surface area contributed by atoms with E-state index in [1.54, 1.807) is 19.4 Å². The largest absolute Gasteiger partial charge is 0.497 e. The van der Waals surface area contributed by atoms with Crippen molar-refractivity contribution in [3.8, 4) is 23.1 Å². The molecule has 5 nitrogen and oxygen atoms in total. The van der Waals surface area contributed by atoms with E-state index in [1.165, 1.54) is 0 Å². The summed E-state index contributed by atoms with van der Waals surface area (Å²) in [4.78, 5) is 8.73. The Morgan fingerprint density at radius 3 is 2.75 bits per heavy atom. The van der Waals surface area contributed by atoms with Gasteiger partial charge in [0, 0.05) is 22.9 Å². The lowest BCUT2D eigenvalue weighted by molar-refractivity contribution is 0.336. The van der Waals surface area contributed by atoms with Gasteiger partial charge in [0.25, 0.3) is 0 Å². The first-order chi connectivity index (χ1) is 11.7. The standard InChI is InChI=1S/C19H14N2O3/c1-23-14-7-8-16-15(10-14)13(11-20-16)9-17-19(22)24-18(21-17)12-5-3-2-4-6-12/h2-11,22H,1H3/b13-9+. The molecular weight excluding hydrogens is 304 g/mol. The van der Waals surface area contributed by atoms with Crippen LogP contribution in [0.15, 0.2) is 57.9 Å². The van der Waals surface area contributed by atoms with Gasteiger partial charge < -0.3 is 14.3 Å². The molecule has 2 heterocycles. The quantitative estimate of drug-likeness (QED) is 0.781. The number of hydrogen-bond acceptors (Lipinski definition) is 5. The summed E-state index contributed by atoms with van der Waals surface area (Å²) in [5.74, 6) is 0.909. The van der Waals surface area contributed by atoms with E-state index in [9.17, 15) is 5.11 Å². The number of benzene rings is 2. The van der Waals surface area contributed by atoms with Crippen molar-refractivity contribution in [2.75, 3.05) is 7.11 Å². The van der Waals surface area contributed by atoms with E-state index >= 15 is 0 Å². The summed E-state index contributed by atoms with van der Waals surface area (Å²) >= 11 is 0. The Balaban J connectivity index is 1.74. The minimum Gasteiger partial charge on any atom is -0.497 e. The summed E-state index contributed by atoms with van der Waals surface area (Å²) in [5.41, 5.74) is 3.80. The molecule has 0 saturated heterocycles. The van der Waals surface area contributed by atoms with Crippen LogP contribution in [0, 0.1) is 0 Å². The molecule has 118 valence electrons. The summed E-state index contributed by atoms with van der Waals surface area (Å²) in [6.45, 7) is 0. The third-order valence-electron chi connectivity index (χ3n) is 3.80. The van der Waals surface area contributed by atoms with Crippen molar-refractivity contribution < 1.29 is 14.3 Å². The first-order valence-electron chi connectivity index (χ1n) is 7.44. The molecule has 5 heteroatoms. The summed E-state index contributed by atoms with van der Waals surface area (Å²) in [7, 11) is 1.62. The fraction of sp³-hybridized carbons (Fsp3) is 0.0526. The van der Waals surface area contributed by atoms with Crippen molar-refractivity contribution >= 4 is 23.6 Å². The van der Waals surface area contributed by atoms with Gasteiger partial charge in [-0.3, -0.25) is 4.99 Å². The number of aromatic hydroxyl groups is 1. The van der Waals surface area contributed by atoms with Crippen LogP contribution in [0.5, 0.6) is 11.7 Å². The maximum absolute atomic E-state index is 10.1. The van der Waals surface area contributed by atoms with Crippen LogP contribution >= 0.6 is 0 Å². The fourth-order valence-corrected chi connectivity index (χ4v) is 2.58. The molecule has 24 heavy (non-hydrogen) atoms. The van der Waals surface area contributed by atoms with E-state index in [4.69, 9.17) is 9.15 Å². The lowest BCUT2D eigenvalue weighted by Gasteiger charge is -2.03. The molecule has 0 spiro atoms. The van der Waals surface area contributed by atoms with Gasteiger partial charge in [-0.15, -0.1) is 0 Å². The highest BCUT2D eigenvalue weighted by Gasteiger charge is 2.17. The van der Waals surface area contributed by atoms with Crippen molar-refractivity contribution in [1.82, 2.24) is 4.98 Å². The highest BCUT2D eigenvalue weighted by Crippen LogP contribution is 2.36. The molecule has 0 saturated carbocycles. The minimum atomic E-state index is -0.217. The normalized spacial score (nSPS) is 14.1. The van der Waals surface area contributed by atoms with E-state index in [0.29, 0.717) is 11.6 Å². The minimum absolute atomic E-state index is 0.217. The SMILES string of the molecule is COc1ccc2c(c1)/C(=C/c1nc(-c3ccccc3)oc1O)C=N2. The van der Waals surface area contributed by atoms with Gasteiger partial charge in [0.2, 0.25) is 5.89 Å². The maximum Gasteiger partial charge on any atom is 0.310 e. The van der Waals surface area contributed by atoms with Crippen LogP contribution in [0.4, 0.5) is 5.69 Å². The first kappa shape index (κ1) is 14.3. The number of aliphatic imine (C=N–C) groups is 1. The van der Waals surface area contributed by atoms with Crippen molar-refractivity contribution in [3.63, 3.8) is 0 Å². The van der Waals surface area contributed by atoms with Gasteiger partial charge in [-0.2, -0.15) is 0 Å². The van der Waals surface area contributed by atoms with Crippen LogP contribution in [0.25, 0.3) is 23.1 Å². The van der Waals surface area contributed by atoms with E-state index in [0.717, 1.165) is 28.1 Å². The second kappa shape index (κ2) is 5.70. The van der Waals surface area contributed by atoms with E-state index < -0.39 is 0 Å². The van der Waals surface area contributed by atoms with Crippen molar-refractivity contribution in [1.29, 1.82) is 0 Å². The molecule has 1 aliphatic heterocycles. The highest BCUT2D eigenvalue weighted by atomic mass is 16.5. The molecule has 3 aromatic rings. The number of hydrogen-bond donors (Lipinski definition) is 1. The molecule has 4 rings (SSSR count). The molecule has 2 aromatic carbocycles. The van der Waals surface area contributed by atoms with Crippen molar-refractivity contribution in [2.45, 2.75) is 0 Å². The smallest absolute Gasteiger partial charge is 0.310 e. The lowest BCUT2D eigenvalue weighted by Crippen LogP contribution is -1.86. The monoisotopic (exact) mass is 318 g/mol. The van der Waals surface area contributed by atoms with Crippen molar-refractivity contribution in [3.05, 3.63) is 59.8 Å². The van der Waals surface area contributed by atoms with Crippen LogP contribution in [-0.2, 0) is 0 Å². The summed E-state index contributed by atoms with van der Waals surface area (Å²) in [6.07, 6.45) is 3.49. The van der Waals surface area contributed by atoms with Gasteiger partial charge in [0.1, 0.15) is 11.4 Å². The zero-order valence-corrected chi connectivity index (χ0v) is 12.9. The Morgan fingerprint density at radius 2 is 1.96 bits per heavy atom. The lowest BCUT2D eigenvalue weighted by atomic mass is 10.1. The third kappa shape index (κ3) is 2.46. The van der Waals surface area contributed by atoms with Gasteiger partial charge in [-0.25, -0.2) is 4.98 Å². The number of ether oxygens (including phenoxy) is 1. The molecule has 1 aliphatic rings. The summed E-state index contributed by atoms with van der Waals surface area (Å²) < 4.78 is 10.6. The second-order valence-corrected chi connectivity index (χ2v) is 5.32. The summed E-state index contributed by atoms with van der Waals surface area (Å²) in [6, 6.07) is 15.1. The van der Waals surface area contributed by atoms with E-state index in [1.807, 2.05) is 48.5 Å². The van der Waals surface area contributed by atoms with Gasteiger partial charge in [-0.05, 0) is 36.4 Å². The topological polar surface area (TPSA) is 67.9 Å². The number of fused-ring (bicyclic) bond motifs is 1. The molecule has 1 N–H and O–H groups in total. The van der Waals surface area contributed by atoms with Gasteiger partial charge in [0.15, 0.2) is 0 Å². The molecule has 0 atom stereocenters. The summed E-state index contributed by atoms with van der Waals surface area (Å²) in [5, 5.41) is 10.1. The Bertz CT molecular complexity index is 956. The second-order valence-electron chi connectivity index (χ2n) is 5.32. The van der Waals surface area contributed by atoms with Crippen LogP contribution < -0.4 is 4.74 Å². The number of allylic oxidation sites excluding steroid dienone is 1. The van der Waals surface area contributed by atoms with Gasteiger partial charge >= 0.3 is 5.95 Å². The van der Waals surface area contributed by atoms with E-state index in [2.05, 4.69) is 9.98 Å². The predicted molar refractivity (Wildman–Crippen MR) is 92.6 cm³/mol. The number of oxazole rings is 1. The molecule has 0 bridgehead atoms. The number of methoxy groups -OCH3 is 1. The predicted octanol–water partition coefficient (Wildman–Crippen LogP) is 4.31. The average Bonchev–Trinajstić information content (AvgIpc) is 3.19. The van der Waals surface area contributed by atoms with E-state index in [-0.39, 0.29) is 5.95 Å². The molecule has 0 amide bonds. The van der Waals surface area contributed by atoms with Crippen molar-refractivity contribution in [2.24, 2.45) is 4.99 Å². The zero-order valence-electron chi connectivity index (χ0n) is 12.9. The van der Waals surface area contributed by atoms with Gasteiger partial charge in [0.05, 0.1) is 12.8 Å². The number of rotatable bonds is 3. The highest BCUT2D eigenvalue weighted by molar-refractivity contribution is 6.21. The first-order valence-corrected chi connectivity index (χ1v) is 7.44. The molecule has 0 radical (unpaired) electrons. The Morgan fingerprint density at radius 1 is 1.12 bits per heavy atom. The molecule has 0 unspecified atom stereocenters. The Labute approximate surface area is 138 Å². The van der Waals surface area contributed by atoms with Crippen LogP contribution in [0.2, 0.25) is 0 Å². The molecule has 0 fully saturated rings. The maximum atomic E-state index is 10.1. The zero-order chi connectivity index (χ0) is 16.5. The number of aromatic nitrogens is 1. The van der Waals surface area contributed by atoms with Crippen LogP contribution in [0.3, 0.4) is 0 Å². The molecule has 1 aromatic heterocycles. The number of nitrogens with zero attached hydrogens (tertiary/aromatic N) is 2. The van der Waals surface area contributed by atoms with Gasteiger partial charge in [-0.1, -0.05) is 18.2 Å². The van der Waals surface area contributed by atoms with Crippen LogP contribution in [0.1, 0.15) is 11.3 Å². The molecular formula is C19H14N2O3. The molecule has 0 aliphatic carbocycles. The Kier molecular flexibility index (Phi) is 3.39.